The molecule has 0 radical (unpaired) electrons. The quantitative estimate of drug-likeness (QED) is 0.821. The Morgan fingerprint density at radius 1 is 1.08 bits per heavy atom. The summed E-state index contributed by atoms with van der Waals surface area (Å²) < 4.78 is 43.7. The molecule has 0 bridgehead atoms. The van der Waals surface area contributed by atoms with Crippen molar-refractivity contribution < 1.29 is 27.8 Å². The van der Waals surface area contributed by atoms with E-state index in [1.54, 1.807) is 25.1 Å². The van der Waals surface area contributed by atoms with Crippen molar-refractivity contribution in [3.8, 4) is 0 Å². The Kier molecular flexibility index (Phi) is 5.64. The molecule has 0 saturated heterocycles. The highest BCUT2D eigenvalue weighted by Crippen LogP contribution is 2.33. The van der Waals surface area contributed by atoms with Gasteiger partial charge in [-0.25, -0.2) is 4.79 Å². The maximum atomic E-state index is 13.0. The van der Waals surface area contributed by atoms with Crippen LogP contribution in [0.25, 0.3) is 5.57 Å². The number of hydrogen-bond acceptors (Lipinski definition) is 3. The number of hydrogen-bond donors (Lipinski definition) is 1. The van der Waals surface area contributed by atoms with E-state index in [9.17, 15) is 18.0 Å². The van der Waals surface area contributed by atoms with Gasteiger partial charge < -0.3 is 9.84 Å². The lowest BCUT2D eigenvalue weighted by atomic mass is 9.95. The summed E-state index contributed by atoms with van der Waals surface area (Å²) in [4.78, 5) is 11.7. The standard InChI is InChI=1S/C19H17F3O3/c1-12-9-16(11-17(10-12)19(20,21)22)13(2)14-3-5-15(6-4-14)18(24)25-8-7-23/h3-6,9-11,23H,2,7-8H2,1H3. The summed E-state index contributed by atoms with van der Waals surface area (Å²) in [6, 6.07) is 9.94. The molecule has 0 heterocycles. The molecule has 2 aromatic carbocycles. The van der Waals surface area contributed by atoms with E-state index in [0.29, 0.717) is 22.3 Å². The van der Waals surface area contributed by atoms with Gasteiger partial charge in [0, 0.05) is 0 Å². The summed E-state index contributed by atoms with van der Waals surface area (Å²) in [5.74, 6) is -0.582. The highest BCUT2D eigenvalue weighted by molar-refractivity contribution is 5.90. The molecule has 0 atom stereocenters. The van der Waals surface area contributed by atoms with Gasteiger partial charge in [0.2, 0.25) is 0 Å². The normalized spacial score (nSPS) is 11.2. The van der Waals surface area contributed by atoms with E-state index in [4.69, 9.17) is 9.84 Å². The number of rotatable bonds is 5. The van der Waals surface area contributed by atoms with E-state index < -0.39 is 17.7 Å². The second-order valence-electron chi connectivity index (χ2n) is 5.50. The number of alkyl halides is 3. The van der Waals surface area contributed by atoms with Crippen LogP contribution in [0.3, 0.4) is 0 Å². The van der Waals surface area contributed by atoms with Crippen molar-refractivity contribution in [3.05, 3.63) is 76.9 Å². The summed E-state index contributed by atoms with van der Waals surface area (Å²) in [6.45, 7) is 5.09. The van der Waals surface area contributed by atoms with Gasteiger partial charge in [0.25, 0.3) is 0 Å². The van der Waals surface area contributed by atoms with E-state index in [1.807, 2.05) is 0 Å². The average molecular weight is 350 g/mol. The molecule has 0 unspecified atom stereocenters. The molecule has 2 rings (SSSR count). The third kappa shape index (κ3) is 4.70. The van der Waals surface area contributed by atoms with Gasteiger partial charge in [0.05, 0.1) is 17.7 Å². The van der Waals surface area contributed by atoms with Gasteiger partial charge in [0.15, 0.2) is 0 Å². The molecule has 0 aliphatic carbocycles. The highest BCUT2D eigenvalue weighted by Gasteiger charge is 2.31. The van der Waals surface area contributed by atoms with Crippen molar-refractivity contribution in [1.82, 2.24) is 0 Å². The number of benzene rings is 2. The van der Waals surface area contributed by atoms with Gasteiger partial charge in [-0.2, -0.15) is 13.2 Å². The Hall–Kier alpha value is -2.60. The second kappa shape index (κ2) is 7.53. The zero-order chi connectivity index (χ0) is 18.6. The Morgan fingerprint density at radius 2 is 1.68 bits per heavy atom. The molecule has 6 heteroatoms. The molecule has 0 aromatic heterocycles. The molecule has 132 valence electrons. The molecule has 0 fully saturated rings. The fourth-order valence-corrected chi connectivity index (χ4v) is 2.32. The van der Waals surface area contributed by atoms with Crippen molar-refractivity contribution in [2.75, 3.05) is 13.2 Å². The Balaban J connectivity index is 2.26. The number of aliphatic hydroxyl groups excluding tert-OH is 1. The third-order valence-electron chi connectivity index (χ3n) is 3.55. The van der Waals surface area contributed by atoms with Crippen LogP contribution in [0.4, 0.5) is 13.2 Å². The molecule has 0 saturated carbocycles. The summed E-state index contributed by atoms with van der Waals surface area (Å²) in [5, 5.41) is 8.64. The number of halogens is 3. The van der Waals surface area contributed by atoms with Crippen LogP contribution < -0.4 is 0 Å². The molecule has 2 aromatic rings. The first-order valence-corrected chi connectivity index (χ1v) is 7.49. The number of aliphatic hydroxyl groups is 1. The number of aryl methyl sites for hydroxylation is 1. The maximum Gasteiger partial charge on any atom is 0.416 e. The van der Waals surface area contributed by atoms with Crippen molar-refractivity contribution in [1.29, 1.82) is 0 Å². The molecule has 25 heavy (non-hydrogen) atoms. The van der Waals surface area contributed by atoms with Crippen LogP contribution in [0.5, 0.6) is 0 Å². The van der Waals surface area contributed by atoms with Crippen molar-refractivity contribution in [2.24, 2.45) is 0 Å². The van der Waals surface area contributed by atoms with Gasteiger partial charge in [-0.05, 0) is 53.5 Å². The first kappa shape index (κ1) is 18.7. The second-order valence-corrected chi connectivity index (χ2v) is 5.50. The zero-order valence-electron chi connectivity index (χ0n) is 13.6. The lowest BCUT2D eigenvalue weighted by molar-refractivity contribution is -0.137. The predicted octanol–water partition coefficient (Wildman–Crippen LogP) is 4.22. The fraction of sp³-hybridized carbons (Fsp3) is 0.211. The lowest BCUT2D eigenvalue weighted by Crippen LogP contribution is -2.08. The number of ether oxygens (including phenoxy) is 1. The molecular weight excluding hydrogens is 333 g/mol. The summed E-state index contributed by atoms with van der Waals surface area (Å²) in [7, 11) is 0. The van der Waals surface area contributed by atoms with E-state index in [-0.39, 0.29) is 18.8 Å². The topological polar surface area (TPSA) is 46.5 Å². The molecule has 0 spiro atoms. The van der Waals surface area contributed by atoms with Crippen LogP contribution in [0.1, 0.15) is 32.6 Å². The van der Waals surface area contributed by atoms with E-state index in [1.165, 1.54) is 12.1 Å². The third-order valence-corrected chi connectivity index (χ3v) is 3.55. The molecule has 3 nitrogen and oxygen atoms in total. The smallest absolute Gasteiger partial charge is 0.416 e. The average Bonchev–Trinajstić information content (AvgIpc) is 2.57. The summed E-state index contributed by atoms with van der Waals surface area (Å²) in [5.41, 5.74) is 1.41. The van der Waals surface area contributed by atoms with E-state index >= 15 is 0 Å². The van der Waals surface area contributed by atoms with E-state index in [2.05, 4.69) is 6.58 Å². The molecule has 0 amide bonds. The van der Waals surface area contributed by atoms with Crippen LogP contribution in [0, 0.1) is 6.92 Å². The number of esters is 1. The largest absolute Gasteiger partial charge is 0.460 e. The van der Waals surface area contributed by atoms with Gasteiger partial charge in [-0.15, -0.1) is 0 Å². The van der Waals surface area contributed by atoms with Crippen LogP contribution in [-0.2, 0) is 10.9 Å². The first-order chi connectivity index (χ1) is 11.7. The predicted molar refractivity (Wildman–Crippen MR) is 88.1 cm³/mol. The number of carbonyl (C=O) groups excluding carboxylic acids is 1. The Morgan fingerprint density at radius 3 is 2.24 bits per heavy atom. The fourth-order valence-electron chi connectivity index (χ4n) is 2.32. The monoisotopic (exact) mass is 350 g/mol. The number of carbonyl (C=O) groups is 1. The van der Waals surface area contributed by atoms with Gasteiger partial charge in [-0.1, -0.05) is 24.8 Å². The molecule has 0 aliphatic rings. The maximum absolute atomic E-state index is 13.0. The van der Waals surface area contributed by atoms with Gasteiger partial charge >= 0.3 is 12.1 Å². The SMILES string of the molecule is C=C(c1ccc(C(=O)OCCO)cc1)c1cc(C)cc(C(F)(F)F)c1. The van der Waals surface area contributed by atoms with Crippen molar-refractivity contribution >= 4 is 11.5 Å². The minimum absolute atomic E-state index is 0.100. The molecule has 0 aliphatic heterocycles. The summed E-state index contributed by atoms with van der Waals surface area (Å²) >= 11 is 0. The van der Waals surface area contributed by atoms with Crippen LogP contribution in [0.15, 0.2) is 49.0 Å². The summed E-state index contributed by atoms with van der Waals surface area (Å²) in [6.07, 6.45) is -4.43. The van der Waals surface area contributed by atoms with Gasteiger partial charge in [0.1, 0.15) is 6.61 Å². The minimum Gasteiger partial charge on any atom is -0.460 e. The van der Waals surface area contributed by atoms with E-state index in [0.717, 1.165) is 12.1 Å². The van der Waals surface area contributed by atoms with Gasteiger partial charge in [-0.3, -0.25) is 0 Å². The first-order valence-electron chi connectivity index (χ1n) is 7.49. The van der Waals surface area contributed by atoms with Crippen LogP contribution in [-0.4, -0.2) is 24.3 Å². The zero-order valence-corrected chi connectivity index (χ0v) is 13.6. The Bertz CT molecular complexity index is 777. The lowest BCUT2D eigenvalue weighted by Gasteiger charge is -2.13. The molecule has 1 N–H and O–H groups in total. The van der Waals surface area contributed by atoms with Crippen molar-refractivity contribution in [2.45, 2.75) is 13.1 Å². The minimum atomic E-state index is -4.43. The van der Waals surface area contributed by atoms with Crippen molar-refractivity contribution in [3.63, 3.8) is 0 Å². The Labute approximate surface area is 143 Å². The van der Waals surface area contributed by atoms with Crippen LogP contribution >= 0.6 is 0 Å². The van der Waals surface area contributed by atoms with Crippen LogP contribution in [0.2, 0.25) is 0 Å². The molecular formula is C19H17F3O3. The highest BCUT2D eigenvalue weighted by atomic mass is 19.4.